The summed E-state index contributed by atoms with van der Waals surface area (Å²) < 4.78 is 3.03. The molecule has 0 radical (unpaired) electrons. The van der Waals surface area contributed by atoms with Crippen LogP contribution in [0.1, 0.15) is 21.7 Å². The maximum absolute atomic E-state index is 11.3. The summed E-state index contributed by atoms with van der Waals surface area (Å²) in [5, 5.41) is 11.5. The molecule has 3 rings (SSSR count). The van der Waals surface area contributed by atoms with Crippen LogP contribution in [-0.4, -0.2) is 15.6 Å². The molecule has 1 heterocycles. The number of carboxylic acid groups (broad SMARTS) is 1. The van der Waals surface area contributed by atoms with Crippen molar-refractivity contribution in [3.05, 3.63) is 63.9 Å². The molecule has 21 heavy (non-hydrogen) atoms. The van der Waals surface area contributed by atoms with Crippen molar-refractivity contribution in [2.24, 2.45) is 0 Å². The summed E-state index contributed by atoms with van der Waals surface area (Å²) in [6, 6.07) is 13.8. The molecule has 0 saturated heterocycles. The van der Waals surface area contributed by atoms with Gasteiger partial charge in [0.25, 0.3) is 0 Å². The Balaban J connectivity index is 2.37. The van der Waals surface area contributed by atoms with Crippen molar-refractivity contribution >= 4 is 32.7 Å². The Bertz CT molecular complexity index is 865. The molecule has 0 aliphatic heterocycles. The van der Waals surface area contributed by atoms with Crippen LogP contribution in [0.5, 0.6) is 0 Å². The van der Waals surface area contributed by atoms with E-state index in [2.05, 4.69) is 28.1 Å². The lowest BCUT2D eigenvalue weighted by molar-refractivity contribution is 0.0696. The fourth-order valence-electron chi connectivity index (χ4n) is 2.79. The van der Waals surface area contributed by atoms with Gasteiger partial charge in [-0.1, -0.05) is 40.2 Å². The zero-order valence-corrected chi connectivity index (χ0v) is 13.3. The summed E-state index contributed by atoms with van der Waals surface area (Å²) in [5.41, 5.74) is 3.00. The summed E-state index contributed by atoms with van der Waals surface area (Å²) in [6.45, 7) is 3.77. The first-order valence-corrected chi connectivity index (χ1v) is 7.40. The van der Waals surface area contributed by atoms with E-state index in [0.29, 0.717) is 5.56 Å². The molecule has 0 aliphatic carbocycles. The molecule has 0 unspecified atom stereocenters. The highest BCUT2D eigenvalue weighted by Gasteiger charge is 2.17. The summed E-state index contributed by atoms with van der Waals surface area (Å²) >= 11 is 3.57. The number of aromatic carboxylic acids is 1. The van der Waals surface area contributed by atoms with E-state index in [1.165, 1.54) is 0 Å². The second-order valence-corrected chi connectivity index (χ2v) is 5.89. The molecule has 0 amide bonds. The van der Waals surface area contributed by atoms with Gasteiger partial charge in [0.15, 0.2) is 0 Å². The van der Waals surface area contributed by atoms with Crippen LogP contribution in [0.3, 0.4) is 0 Å². The maximum atomic E-state index is 11.3. The number of benzene rings is 2. The van der Waals surface area contributed by atoms with Crippen LogP contribution in [-0.2, 0) is 0 Å². The van der Waals surface area contributed by atoms with Gasteiger partial charge in [0.05, 0.1) is 11.3 Å². The highest BCUT2D eigenvalue weighted by atomic mass is 79.9. The van der Waals surface area contributed by atoms with E-state index in [1.807, 2.05) is 42.7 Å². The Morgan fingerprint density at radius 3 is 2.38 bits per heavy atom. The Labute approximate surface area is 131 Å². The number of carboxylic acids is 1. The number of aromatic nitrogens is 1. The zero-order chi connectivity index (χ0) is 15.1. The molecule has 0 aliphatic rings. The molecule has 0 fully saturated rings. The molecule has 3 aromatic rings. The van der Waals surface area contributed by atoms with E-state index in [0.717, 1.165) is 32.3 Å². The van der Waals surface area contributed by atoms with Gasteiger partial charge in [-0.25, -0.2) is 4.79 Å². The van der Waals surface area contributed by atoms with Crippen LogP contribution in [0.25, 0.3) is 16.5 Å². The van der Waals surface area contributed by atoms with Gasteiger partial charge >= 0.3 is 5.97 Å². The topological polar surface area (TPSA) is 42.2 Å². The lowest BCUT2D eigenvalue weighted by atomic mass is 10.1. The van der Waals surface area contributed by atoms with Crippen molar-refractivity contribution in [1.29, 1.82) is 0 Å². The van der Waals surface area contributed by atoms with Gasteiger partial charge in [-0.15, -0.1) is 0 Å². The zero-order valence-electron chi connectivity index (χ0n) is 11.7. The second kappa shape index (κ2) is 5.04. The van der Waals surface area contributed by atoms with Gasteiger partial charge in [0.1, 0.15) is 0 Å². The number of hydrogen-bond acceptors (Lipinski definition) is 1. The Morgan fingerprint density at radius 2 is 1.76 bits per heavy atom. The number of nitrogens with zero attached hydrogens (tertiary/aromatic N) is 1. The molecule has 0 spiro atoms. The number of hydrogen-bond donors (Lipinski definition) is 1. The van der Waals surface area contributed by atoms with Gasteiger partial charge in [-0.2, -0.15) is 0 Å². The standard InChI is InChI=1S/C17H14BrNO2/c1-10-9-14(17(20)21)11(2)19(10)16-8-7-15(18)12-5-3-4-6-13(12)16/h3-9H,1-2H3,(H,20,21). The van der Waals surface area contributed by atoms with Crippen molar-refractivity contribution in [1.82, 2.24) is 4.57 Å². The predicted molar refractivity (Wildman–Crippen MR) is 87.4 cm³/mol. The first kappa shape index (κ1) is 13.9. The summed E-state index contributed by atoms with van der Waals surface area (Å²) in [6.07, 6.45) is 0. The minimum absolute atomic E-state index is 0.347. The lowest BCUT2D eigenvalue weighted by Crippen LogP contribution is -2.03. The SMILES string of the molecule is Cc1cc(C(=O)O)c(C)n1-c1ccc(Br)c2ccccc12. The molecule has 1 aromatic heterocycles. The molecular formula is C17H14BrNO2. The molecule has 4 heteroatoms. The van der Waals surface area contributed by atoms with E-state index in [-0.39, 0.29) is 0 Å². The number of aryl methyl sites for hydroxylation is 1. The number of rotatable bonds is 2. The van der Waals surface area contributed by atoms with Crippen LogP contribution in [0.4, 0.5) is 0 Å². The quantitative estimate of drug-likeness (QED) is 0.732. The van der Waals surface area contributed by atoms with Gasteiger partial charge < -0.3 is 9.67 Å². The molecular weight excluding hydrogens is 330 g/mol. The summed E-state index contributed by atoms with van der Waals surface area (Å²) in [4.78, 5) is 11.3. The van der Waals surface area contributed by atoms with Crippen molar-refractivity contribution in [2.75, 3.05) is 0 Å². The smallest absolute Gasteiger partial charge is 0.337 e. The van der Waals surface area contributed by atoms with E-state index >= 15 is 0 Å². The highest BCUT2D eigenvalue weighted by Crippen LogP contribution is 2.31. The molecule has 0 bridgehead atoms. The molecule has 3 nitrogen and oxygen atoms in total. The molecule has 1 N–H and O–H groups in total. The minimum atomic E-state index is -0.893. The third-order valence-corrected chi connectivity index (χ3v) is 4.44. The van der Waals surface area contributed by atoms with Gasteiger partial charge in [-0.3, -0.25) is 0 Å². The van der Waals surface area contributed by atoms with Crippen LogP contribution in [0, 0.1) is 13.8 Å². The summed E-state index contributed by atoms with van der Waals surface area (Å²) in [5.74, 6) is -0.893. The van der Waals surface area contributed by atoms with Crippen molar-refractivity contribution in [3.63, 3.8) is 0 Å². The second-order valence-electron chi connectivity index (χ2n) is 5.04. The Morgan fingerprint density at radius 1 is 1.10 bits per heavy atom. The largest absolute Gasteiger partial charge is 0.478 e. The average molecular weight is 344 g/mol. The van der Waals surface area contributed by atoms with Crippen molar-refractivity contribution in [2.45, 2.75) is 13.8 Å². The van der Waals surface area contributed by atoms with Crippen LogP contribution < -0.4 is 0 Å². The number of fused-ring (bicyclic) bond motifs is 1. The fourth-order valence-corrected chi connectivity index (χ4v) is 3.27. The number of carbonyl (C=O) groups is 1. The summed E-state index contributed by atoms with van der Waals surface area (Å²) in [7, 11) is 0. The Kier molecular flexibility index (Phi) is 3.33. The normalized spacial score (nSPS) is 11.0. The third kappa shape index (κ3) is 2.16. The fraction of sp³-hybridized carbons (Fsp3) is 0.118. The Hall–Kier alpha value is -2.07. The van der Waals surface area contributed by atoms with Crippen LogP contribution in [0.2, 0.25) is 0 Å². The van der Waals surface area contributed by atoms with Crippen LogP contribution >= 0.6 is 15.9 Å². The molecule has 106 valence electrons. The molecule has 0 atom stereocenters. The van der Waals surface area contributed by atoms with Crippen LogP contribution in [0.15, 0.2) is 46.9 Å². The molecule has 2 aromatic carbocycles. The first-order chi connectivity index (χ1) is 10.0. The minimum Gasteiger partial charge on any atom is -0.478 e. The monoisotopic (exact) mass is 343 g/mol. The lowest BCUT2D eigenvalue weighted by Gasteiger charge is -2.14. The number of halogens is 1. The van der Waals surface area contributed by atoms with Gasteiger partial charge in [-0.05, 0) is 37.4 Å². The molecule has 0 saturated carbocycles. The van der Waals surface area contributed by atoms with E-state index in [1.54, 1.807) is 6.07 Å². The third-order valence-electron chi connectivity index (χ3n) is 3.75. The maximum Gasteiger partial charge on any atom is 0.337 e. The van der Waals surface area contributed by atoms with Gasteiger partial charge in [0.2, 0.25) is 0 Å². The van der Waals surface area contributed by atoms with E-state index in [4.69, 9.17) is 0 Å². The average Bonchev–Trinajstić information content (AvgIpc) is 2.76. The van der Waals surface area contributed by atoms with Gasteiger partial charge in [0, 0.05) is 21.2 Å². The van der Waals surface area contributed by atoms with Crippen molar-refractivity contribution in [3.8, 4) is 5.69 Å². The van der Waals surface area contributed by atoms with E-state index < -0.39 is 5.97 Å². The highest BCUT2D eigenvalue weighted by molar-refractivity contribution is 9.10. The predicted octanol–water partition coefficient (Wildman–Crippen LogP) is 4.71. The van der Waals surface area contributed by atoms with Crippen molar-refractivity contribution < 1.29 is 9.90 Å². The first-order valence-electron chi connectivity index (χ1n) is 6.60. The van der Waals surface area contributed by atoms with E-state index in [9.17, 15) is 9.90 Å².